The predicted octanol–water partition coefficient (Wildman–Crippen LogP) is 3.86. The van der Waals surface area contributed by atoms with Crippen LogP contribution in [0, 0.1) is 21.8 Å². The normalized spacial score (nSPS) is 11.9. The quantitative estimate of drug-likeness (QED) is 0.626. The van der Waals surface area contributed by atoms with Crippen LogP contribution >= 0.6 is 15.9 Å². The van der Waals surface area contributed by atoms with Crippen molar-refractivity contribution in [2.24, 2.45) is 5.92 Å². The van der Waals surface area contributed by atoms with Crippen LogP contribution in [0.1, 0.15) is 19.4 Å². The average molecular weight is 288 g/mol. The Labute approximate surface area is 101 Å². The Morgan fingerprint density at radius 3 is 2.62 bits per heavy atom. The van der Waals surface area contributed by atoms with E-state index in [1.165, 1.54) is 18.2 Å². The van der Waals surface area contributed by atoms with Gasteiger partial charge in [0.1, 0.15) is 5.82 Å². The van der Waals surface area contributed by atoms with Crippen molar-refractivity contribution in [2.45, 2.75) is 13.8 Å². The number of benzene rings is 1. The molecule has 16 heavy (non-hydrogen) atoms. The summed E-state index contributed by atoms with van der Waals surface area (Å²) in [6.07, 6.45) is 1.27. The van der Waals surface area contributed by atoms with E-state index < -0.39 is 10.7 Å². The van der Waals surface area contributed by atoms with E-state index >= 15 is 0 Å². The van der Waals surface area contributed by atoms with E-state index in [4.69, 9.17) is 0 Å². The summed E-state index contributed by atoms with van der Waals surface area (Å²) in [5.41, 5.74) is 0.227. The molecule has 0 spiro atoms. The first kappa shape index (κ1) is 12.8. The van der Waals surface area contributed by atoms with Crippen molar-refractivity contribution in [3.63, 3.8) is 0 Å². The van der Waals surface area contributed by atoms with E-state index in [-0.39, 0.29) is 17.2 Å². The second kappa shape index (κ2) is 5.21. The van der Waals surface area contributed by atoms with Gasteiger partial charge in [-0.15, -0.1) is 0 Å². The highest BCUT2D eigenvalue weighted by atomic mass is 79.9. The predicted molar refractivity (Wildman–Crippen MR) is 63.9 cm³/mol. The largest absolute Gasteiger partial charge is 0.259 e. The highest BCUT2D eigenvalue weighted by Crippen LogP contribution is 2.20. The zero-order valence-electron chi connectivity index (χ0n) is 8.91. The topological polar surface area (TPSA) is 43.1 Å². The van der Waals surface area contributed by atoms with Gasteiger partial charge in [-0.1, -0.05) is 35.8 Å². The van der Waals surface area contributed by atoms with Crippen molar-refractivity contribution in [3.8, 4) is 0 Å². The van der Waals surface area contributed by atoms with Gasteiger partial charge in [0.05, 0.1) is 4.92 Å². The van der Waals surface area contributed by atoms with Gasteiger partial charge in [-0.2, -0.15) is 0 Å². The first-order chi connectivity index (χ1) is 7.41. The molecule has 1 rings (SSSR count). The molecule has 0 saturated carbocycles. The molecule has 1 aromatic rings. The fourth-order valence-corrected chi connectivity index (χ4v) is 1.54. The molecule has 0 aliphatic carbocycles. The average Bonchev–Trinajstić information content (AvgIpc) is 2.15. The Balaban J connectivity index is 3.18. The van der Waals surface area contributed by atoms with Crippen LogP contribution in [0.3, 0.4) is 0 Å². The van der Waals surface area contributed by atoms with E-state index in [0.29, 0.717) is 4.47 Å². The summed E-state index contributed by atoms with van der Waals surface area (Å²) in [7, 11) is 0. The van der Waals surface area contributed by atoms with Crippen LogP contribution in [-0.4, -0.2) is 4.92 Å². The van der Waals surface area contributed by atoms with E-state index in [1.54, 1.807) is 19.9 Å². The molecule has 0 fully saturated rings. The number of halogens is 2. The molecule has 0 aliphatic rings. The first-order valence-corrected chi connectivity index (χ1v) is 5.52. The molecular formula is C11H11BrFNO2. The third-order valence-electron chi connectivity index (χ3n) is 2.07. The van der Waals surface area contributed by atoms with Crippen molar-refractivity contribution in [3.05, 3.63) is 49.9 Å². The molecule has 5 heteroatoms. The number of hydrogen-bond donors (Lipinski definition) is 0. The molecule has 0 unspecified atom stereocenters. The van der Waals surface area contributed by atoms with Gasteiger partial charge in [-0.25, -0.2) is 4.39 Å². The zero-order chi connectivity index (χ0) is 12.3. The summed E-state index contributed by atoms with van der Waals surface area (Å²) in [6.45, 7) is 3.40. The Bertz CT molecular complexity index is 444. The summed E-state index contributed by atoms with van der Waals surface area (Å²) >= 11 is 3.13. The molecular weight excluding hydrogens is 277 g/mol. The summed E-state index contributed by atoms with van der Waals surface area (Å²) in [6, 6.07) is 4.43. The lowest BCUT2D eigenvalue weighted by Crippen LogP contribution is -2.05. The number of nitrogens with zero attached hydrogens (tertiary/aromatic N) is 1. The second-order valence-electron chi connectivity index (χ2n) is 3.65. The van der Waals surface area contributed by atoms with Gasteiger partial charge < -0.3 is 0 Å². The number of rotatable bonds is 3. The number of hydrogen-bond acceptors (Lipinski definition) is 2. The lowest BCUT2D eigenvalue weighted by Gasteiger charge is -2.03. The fourth-order valence-electron chi connectivity index (χ4n) is 1.21. The van der Waals surface area contributed by atoms with Gasteiger partial charge in [0.2, 0.25) is 5.70 Å². The standard InChI is InChI=1S/C11H11BrFNO2/c1-7(2)11(14(15)16)5-8-3-4-9(12)6-10(8)13/h3-7H,1-2H3/b11-5-. The van der Waals surface area contributed by atoms with E-state index in [0.717, 1.165) is 0 Å². The van der Waals surface area contributed by atoms with Crippen molar-refractivity contribution in [1.82, 2.24) is 0 Å². The van der Waals surface area contributed by atoms with Crippen LogP contribution < -0.4 is 0 Å². The molecule has 0 saturated heterocycles. The van der Waals surface area contributed by atoms with Gasteiger partial charge in [0.15, 0.2) is 0 Å². The second-order valence-corrected chi connectivity index (χ2v) is 4.56. The minimum absolute atomic E-state index is 0.00113. The number of allylic oxidation sites excluding steroid dienone is 1. The van der Waals surface area contributed by atoms with Crippen molar-refractivity contribution < 1.29 is 9.31 Å². The van der Waals surface area contributed by atoms with Crippen molar-refractivity contribution >= 4 is 22.0 Å². The first-order valence-electron chi connectivity index (χ1n) is 4.73. The van der Waals surface area contributed by atoms with Crippen molar-refractivity contribution in [1.29, 1.82) is 0 Å². The maximum absolute atomic E-state index is 13.4. The SMILES string of the molecule is CC(C)/C(=C/c1ccc(Br)cc1F)[N+](=O)[O-]. The van der Waals surface area contributed by atoms with E-state index in [1.807, 2.05) is 0 Å². The molecule has 86 valence electrons. The molecule has 0 aliphatic heterocycles. The van der Waals surface area contributed by atoms with Gasteiger partial charge in [-0.3, -0.25) is 10.1 Å². The fraction of sp³-hybridized carbons (Fsp3) is 0.273. The van der Waals surface area contributed by atoms with Gasteiger partial charge >= 0.3 is 0 Å². The Hall–Kier alpha value is -1.23. The summed E-state index contributed by atoms with van der Waals surface area (Å²) in [4.78, 5) is 10.2. The van der Waals surface area contributed by atoms with Crippen LogP contribution in [0.4, 0.5) is 4.39 Å². The lowest BCUT2D eigenvalue weighted by atomic mass is 10.1. The third-order valence-corrected chi connectivity index (χ3v) is 2.56. The maximum Gasteiger partial charge on any atom is 0.249 e. The Morgan fingerprint density at radius 1 is 1.56 bits per heavy atom. The molecule has 3 nitrogen and oxygen atoms in total. The zero-order valence-corrected chi connectivity index (χ0v) is 10.5. The Morgan fingerprint density at radius 2 is 2.19 bits per heavy atom. The summed E-state index contributed by atoms with van der Waals surface area (Å²) in [5.74, 6) is -0.729. The third kappa shape index (κ3) is 3.13. The van der Waals surface area contributed by atoms with Crippen molar-refractivity contribution in [2.75, 3.05) is 0 Å². The summed E-state index contributed by atoms with van der Waals surface area (Å²) < 4.78 is 14.0. The molecule has 0 bridgehead atoms. The minimum atomic E-state index is -0.480. The lowest BCUT2D eigenvalue weighted by molar-refractivity contribution is -0.431. The van der Waals surface area contributed by atoms with Gasteiger partial charge in [-0.05, 0) is 12.1 Å². The van der Waals surface area contributed by atoms with Crippen LogP contribution in [0.5, 0.6) is 0 Å². The van der Waals surface area contributed by atoms with E-state index in [9.17, 15) is 14.5 Å². The van der Waals surface area contributed by atoms with E-state index in [2.05, 4.69) is 15.9 Å². The molecule has 0 atom stereocenters. The minimum Gasteiger partial charge on any atom is -0.259 e. The molecule has 0 N–H and O–H groups in total. The Kier molecular flexibility index (Phi) is 4.18. The molecule has 0 heterocycles. The van der Waals surface area contributed by atoms with Gasteiger partial charge in [0, 0.05) is 22.0 Å². The molecule has 0 radical (unpaired) electrons. The van der Waals surface area contributed by atoms with Gasteiger partial charge in [0.25, 0.3) is 0 Å². The van der Waals surface area contributed by atoms with Crippen LogP contribution in [0.15, 0.2) is 28.4 Å². The molecule has 1 aromatic carbocycles. The van der Waals surface area contributed by atoms with Crippen LogP contribution in [0.2, 0.25) is 0 Å². The smallest absolute Gasteiger partial charge is 0.249 e. The maximum atomic E-state index is 13.4. The summed E-state index contributed by atoms with van der Waals surface area (Å²) in [5, 5.41) is 10.7. The highest BCUT2D eigenvalue weighted by molar-refractivity contribution is 9.10. The highest BCUT2D eigenvalue weighted by Gasteiger charge is 2.16. The van der Waals surface area contributed by atoms with Crippen LogP contribution in [0.25, 0.3) is 6.08 Å². The number of nitro groups is 1. The molecule has 0 aromatic heterocycles. The van der Waals surface area contributed by atoms with Crippen LogP contribution in [-0.2, 0) is 0 Å². The molecule has 0 amide bonds. The monoisotopic (exact) mass is 287 g/mol.